The Labute approximate surface area is 119 Å². The molecule has 2 aromatic rings. The van der Waals surface area contributed by atoms with E-state index in [0.29, 0.717) is 5.56 Å². The maximum Gasteiger partial charge on any atom is 0.254 e. The van der Waals surface area contributed by atoms with Gasteiger partial charge in [0.1, 0.15) is 0 Å². The Morgan fingerprint density at radius 2 is 2.00 bits per heavy atom. The minimum Gasteiger partial charge on any atom is -0.352 e. The zero-order valence-corrected chi connectivity index (χ0v) is 12.1. The lowest BCUT2D eigenvalue weighted by Gasteiger charge is -2.08. The second kappa shape index (κ2) is 6.89. The van der Waals surface area contributed by atoms with Crippen LogP contribution in [0.4, 0.5) is 0 Å². The fraction of sp³-hybridized carbons (Fsp3) is 0.375. The van der Waals surface area contributed by atoms with Gasteiger partial charge in [-0.05, 0) is 25.0 Å². The number of amides is 1. The van der Waals surface area contributed by atoms with Gasteiger partial charge >= 0.3 is 0 Å². The van der Waals surface area contributed by atoms with E-state index in [1.54, 1.807) is 6.20 Å². The quantitative estimate of drug-likeness (QED) is 0.821. The van der Waals surface area contributed by atoms with E-state index in [1.165, 1.54) is 0 Å². The van der Waals surface area contributed by atoms with Crippen molar-refractivity contribution in [3.05, 3.63) is 47.8 Å². The predicted molar refractivity (Wildman–Crippen MR) is 80.2 cm³/mol. The largest absolute Gasteiger partial charge is 0.352 e. The van der Waals surface area contributed by atoms with Crippen molar-refractivity contribution in [1.29, 1.82) is 0 Å². The number of aromatic nitrogens is 2. The highest BCUT2D eigenvalue weighted by Gasteiger charge is 2.16. The minimum absolute atomic E-state index is 0.0301. The van der Waals surface area contributed by atoms with Crippen LogP contribution in [0.5, 0.6) is 0 Å². The molecule has 1 N–H and O–H groups in total. The molecule has 1 aromatic heterocycles. The summed E-state index contributed by atoms with van der Waals surface area (Å²) >= 11 is 0. The van der Waals surface area contributed by atoms with E-state index >= 15 is 0 Å². The molecule has 1 aromatic carbocycles. The molecule has 2 rings (SSSR count). The second-order valence-electron chi connectivity index (χ2n) is 4.72. The van der Waals surface area contributed by atoms with E-state index in [0.717, 1.165) is 37.2 Å². The van der Waals surface area contributed by atoms with E-state index in [-0.39, 0.29) is 5.91 Å². The van der Waals surface area contributed by atoms with Crippen LogP contribution in [0.3, 0.4) is 0 Å². The summed E-state index contributed by atoms with van der Waals surface area (Å²) in [6.07, 6.45) is 4.50. The number of carbonyl (C=O) groups is 1. The van der Waals surface area contributed by atoms with Crippen molar-refractivity contribution in [2.45, 2.75) is 33.1 Å². The lowest BCUT2D eigenvalue weighted by Crippen LogP contribution is -2.25. The molecule has 0 aliphatic carbocycles. The van der Waals surface area contributed by atoms with E-state index in [4.69, 9.17) is 0 Å². The average molecular weight is 271 g/mol. The number of carbonyl (C=O) groups excluding carboxylic acids is 1. The highest BCUT2D eigenvalue weighted by atomic mass is 16.1. The number of para-hydroxylation sites is 1. The van der Waals surface area contributed by atoms with Gasteiger partial charge in [0, 0.05) is 6.54 Å². The monoisotopic (exact) mass is 271 g/mol. The van der Waals surface area contributed by atoms with Crippen LogP contribution >= 0.6 is 0 Å². The van der Waals surface area contributed by atoms with Gasteiger partial charge in [0.2, 0.25) is 0 Å². The molecule has 0 fully saturated rings. The Balaban J connectivity index is 2.24. The Morgan fingerprint density at radius 1 is 1.25 bits per heavy atom. The van der Waals surface area contributed by atoms with E-state index in [9.17, 15) is 4.79 Å². The normalized spacial score (nSPS) is 10.5. The van der Waals surface area contributed by atoms with Gasteiger partial charge in [-0.15, -0.1) is 0 Å². The number of benzene rings is 1. The second-order valence-corrected chi connectivity index (χ2v) is 4.72. The van der Waals surface area contributed by atoms with Crippen LogP contribution < -0.4 is 5.32 Å². The highest BCUT2D eigenvalue weighted by molar-refractivity contribution is 5.95. The van der Waals surface area contributed by atoms with Crippen LogP contribution in [0.2, 0.25) is 0 Å². The Kier molecular flexibility index (Phi) is 4.93. The summed E-state index contributed by atoms with van der Waals surface area (Å²) in [6, 6.07) is 9.89. The smallest absolute Gasteiger partial charge is 0.254 e. The third kappa shape index (κ3) is 3.07. The fourth-order valence-corrected chi connectivity index (χ4v) is 2.17. The number of hydrogen-bond donors (Lipinski definition) is 1. The number of rotatable bonds is 6. The molecule has 0 spiro atoms. The van der Waals surface area contributed by atoms with Crippen LogP contribution in [0.15, 0.2) is 36.5 Å². The van der Waals surface area contributed by atoms with Gasteiger partial charge in [-0.3, -0.25) is 4.79 Å². The molecule has 0 atom stereocenters. The van der Waals surface area contributed by atoms with Crippen molar-refractivity contribution < 1.29 is 4.79 Å². The molecular weight excluding hydrogens is 250 g/mol. The third-order valence-corrected chi connectivity index (χ3v) is 3.27. The molecule has 1 amide bonds. The van der Waals surface area contributed by atoms with Crippen LogP contribution in [0.1, 0.15) is 42.7 Å². The van der Waals surface area contributed by atoms with Crippen molar-refractivity contribution in [3.63, 3.8) is 0 Å². The van der Waals surface area contributed by atoms with Crippen molar-refractivity contribution in [2.24, 2.45) is 0 Å². The van der Waals surface area contributed by atoms with Gasteiger partial charge in [0.05, 0.1) is 23.1 Å². The zero-order valence-electron chi connectivity index (χ0n) is 12.1. The molecule has 20 heavy (non-hydrogen) atoms. The molecule has 0 aliphatic heterocycles. The van der Waals surface area contributed by atoms with Gasteiger partial charge in [-0.1, -0.05) is 38.5 Å². The maximum absolute atomic E-state index is 12.2. The minimum atomic E-state index is -0.0301. The van der Waals surface area contributed by atoms with Gasteiger partial charge in [0.25, 0.3) is 5.91 Å². The first-order valence-corrected chi connectivity index (χ1v) is 7.18. The molecule has 0 saturated carbocycles. The molecule has 0 bridgehead atoms. The fourth-order valence-electron chi connectivity index (χ4n) is 2.17. The molecule has 0 aliphatic rings. The van der Waals surface area contributed by atoms with Crippen LogP contribution in [0.25, 0.3) is 5.69 Å². The number of nitrogens with one attached hydrogen (secondary N) is 1. The molecule has 4 nitrogen and oxygen atoms in total. The first kappa shape index (κ1) is 14.3. The molecule has 0 unspecified atom stereocenters. The summed E-state index contributed by atoms with van der Waals surface area (Å²) < 4.78 is 1.84. The lowest BCUT2D eigenvalue weighted by molar-refractivity contribution is 0.0952. The Hall–Kier alpha value is -2.10. The van der Waals surface area contributed by atoms with E-state index < -0.39 is 0 Å². The zero-order chi connectivity index (χ0) is 14.4. The summed E-state index contributed by atoms with van der Waals surface area (Å²) in [5.74, 6) is -0.0301. The maximum atomic E-state index is 12.2. The van der Waals surface area contributed by atoms with Crippen LogP contribution in [0, 0.1) is 0 Å². The number of unbranched alkanes of at least 4 members (excludes halogenated alkanes) is 1. The summed E-state index contributed by atoms with van der Waals surface area (Å²) in [7, 11) is 0. The summed E-state index contributed by atoms with van der Waals surface area (Å²) in [4.78, 5) is 12.2. The molecule has 4 heteroatoms. The standard InChI is InChI=1S/C16H21N3O/c1-3-5-11-17-16(20)14-12-18-19(15(14)4-2)13-9-7-6-8-10-13/h6-10,12H,3-5,11H2,1-2H3,(H,17,20). The first-order chi connectivity index (χ1) is 9.77. The van der Waals surface area contributed by atoms with Gasteiger partial charge in [-0.25, -0.2) is 4.68 Å². The summed E-state index contributed by atoms with van der Waals surface area (Å²) in [5, 5.41) is 7.31. The molecule has 0 radical (unpaired) electrons. The third-order valence-electron chi connectivity index (χ3n) is 3.27. The van der Waals surface area contributed by atoms with Crippen molar-refractivity contribution in [1.82, 2.24) is 15.1 Å². The van der Waals surface area contributed by atoms with Crippen LogP contribution in [-0.2, 0) is 6.42 Å². The lowest BCUT2D eigenvalue weighted by atomic mass is 10.2. The molecule has 1 heterocycles. The van der Waals surface area contributed by atoms with Crippen molar-refractivity contribution in [2.75, 3.05) is 6.54 Å². The Morgan fingerprint density at radius 3 is 2.65 bits per heavy atom. The average Bonchev–Trinajstić information content (AvgIpc) is 2.92. The van der Waals surface area contributed by atoms with Crippen LogP contribution in [-0.4, -0.2) is 22.2 Å². The van der Waals surface area contributed by atoms with Gasteiger partial charge in [0.15, 0.2) is 0 Å². The SMILES string of the molecule is CCCCNC(=O)c1cnn(-c2ccccc2)c1CC. The molecular formula is C16H21N3O. The predicted octanol–water partition coefficient (Wildman–Crippen LogP) is 2.96. The van der Waals surface area contributed by atoms with E-state index in [1.807, 2.05) is 41.9 Å². The Bertz CT molecular complexity index is 560. The number of nitrogens with zero attached hydrogens (tertiary/aromatic N) is 2. The van der Waals surface area contributed by atoms with Gasteiger partial charge in [-0.2, -0.15) is 5.10 Å². The number of hydrogen-bond acceptors (Lipinski definition) is 2. The first-order valence-electron chi connectivity index (χ1n) is 7.18. The summed E-state index contributed by atoms with van der Waals surface area (Å²) in [5.41, 5.74) is 2.61. The van der Waals surface area contributed by atoms with Gasteiger partial charge < -0.3 is 5.32 Å². The molecule has 0 saturated heterocycles. The topological polar surface area (TPSA) is 46.9 Å². The molecule has 106 valence electrons. The van der Waals surface area contributed by atoms with Crippen molar-refractivity contribution in [3.8, 4) is 5.69 Å². The van der Waals surface area contributed by atoms with E-state index in [2.05, 4.69) is 17.3 Å². The summed E-state index contributed by atoms with van der Waals surface area (Å²) in [6.45, 7) is 4.87. The highest BCUT2D eigenvalue weighted by Crippen LogP contribution is 2.15. The van der Waals surface area contributed by atoms with Crippen molar-refractivity contribution >= 4 is 5.91 Å².